The van der Waals surface area contributed by atoms with Crippen LogP contribution in [-0.2, 0) is 12.0 Å². The van der Waals surface area contributed by atoms with Crippen molar-refractivity contribution in [2.45, 2.75) is 43.6 Å². The van der Waals surface area contributed by atoms with Crippen LogP contribution in [0, 0.1) is 0 Å². The summed E-state index contributed by atoms with van der Waals surface area (Å²) in [4.78, 5) is 2.48. The van der Waals surface area contributed by atoms with Crippen molar-refractivity contribution in [3.63, 3.8) is 0 Å². The highest BCUT2D eigenvalue weighted by molar-refractivity contribution is 5.40. The molecule has 0 unspecified atom stereocenters. The van der Waals surface area contributed by atoms with E-state index in [0.29, 0.717) is 5.92 Å². The van der Waals surface area contributed by atoms with Crippen LogP contribution in [-0.4, -0.2) is 28.2 Å². The lowest BCUT2D eigenvalue weighted by atomic mass is 9.69. The molecule has 2 aromatic carbocycles. The molecule has 1 aromatic heterocycles. The van der Waals surface area contributed by atoms with E-state index in [2.05, 4.69) is 75.8 Å². The Balaban J connectivity index is 1.44. The average Bonchev–Trinajstić information content (AvgIpc) is 3.49. The second-order valence-corrected chi connectivity index (χ2v) is 7.94. The average molecular weight is 359 g/mol. The lowest BCUT2D eigenvalue weighted by Gasteiger charge is -2.43. The van der Waals surface area contributed by atoms with Crippen LogP contribution in [0.1, 0.15) is 54.5 Å². The molecule has 0 radical (unpaired) electrons. The molecule has 4 nitrogen and oxygen atoms in total. The summed E-state index contributed by atoms with van der Waals surface area (Å²) in [5, 5.41) is 8.56. The van der Waals surface area contributed by atoms with Crippen LogP contribution in [0.3, 0.4) is 0 Å². The molecule has 0 spiro atoms. The van der Waals surface area contributed by atoms with Crippen LogP contribution in [0.4, 0.5) is 0 Å². The number of benzene rings is 2. The fourth-order valence-electron chi connectivity index (χ4n) is 4.45. The van der Waals surface area contributed by atoms with Crippen molar-refractivity contribution in [1.29, 1.82) is 0 Å². The predicted octanol–water partition coefficient (Wildman–Crippen LogP) is 4.53. The quantitative estimate of drug-likeness (QED) is 0.671. The Hall–Kier alpha value is -2.46. The molecule has 0 N–H and O–H groups in total. The standard InChI is InChI=1S/C23H25N3O/c1-3-8-19(9-4-1)23(20-10-5-2-6-11-20)14-7-15-26(17-23)16-21-24-25-22(27-21)18-12-13-18/h1-6,8-11,18H,7,12-17H2. The van der Waals surface area contributed by atoms with Gasteiger partial charge in [0.2, 0.25) is 11.8 Å². The topological polar surface area (TPSA) is 42.2 Å². The van der Waals surface area contributed by atoms with Gasteiger partial charge in [-0.1, -0.05) is 60.7 Å². The Morgan fingerprint density at radius 3 is 2.22 bits per heavy atom. The Kier molecular flexibility index (Phi) is 4.29. The number of aromatic nitrogens is 2. The van der Waals surface area contributed by atoms with Gasteiger partial charge in [0.15, 0.2) is 0 Å². The molecule has 1 saturated carbocycles. The molecule has 27 heavy (non-hydrogen) atoms. The Labute approximate surface area is 160 Å². The molecule has 1 aliphatic carbocycles. The molecule has 1 aliphatic heterocycles. The molecule has 0 bridgehead atoms. The molecule has 1 saturated heterocycles. The number of hydrogen-bond acceptors (Lipinski definition) is 4. The number of likely N-dealkylation sites (tertiary alicyclic amines) is 1. The number of piperidine rings is 1. The maximum atomic E-state index is 5.93. The lowest BCUT2D eigenvalue weighted by Crippen LogP contribution is -2.46. The first-order valence-electron chi connectivity index (χ1n) is 9.99. The molecule has 2 fully saturated rings. The van der Waals surface area contributed by atoms with E-state index in [-0.39, 0.29) is 5.41 Å². The highest BCUT2D eigenvalue weighted by Crippen LogP contribution is 2.41. The first kappa shape index (κ1) is 16.7. The van der Waals surface area contributed by atoms with Gasteiger partial charge in [-0.3, -0.25) is 4.90 Å². The summed E-state index contributed by atoms with van der Waals surface area (Å²) in [5.74, 6) is 2.11. The maximum Gasteiger partial charge on any atom is 0.230 e. The van der Waals surface area contributed by atoms with Crippen molar-refractivity contribution >= 4 is 0 Å². The van der Waals surface area contributed by atoms with Gasteiger partial charge in [0.25, 0.3) is 0 Å². The molecule has 2 aliphatic rings. The third kappa shape index (κ3) is 3.30. The van der Waals surface area contributed by atoms with Crippen molar-refractivity contribution in [2.24, 2.45) is 0 Å². The Morgan fingerprint density at radius 2 is 1.59 bits per heavy atom. The van der Waals surface area contributed by atoms with E-state index in [0.717, 1.165) is 44.3 Å². The molecule has 138 valence electrons. The first-order valence-corrected chi connectivity index (χ1v) is 9.99. The zero-order valence-corrected chi connectivity index (χ0v) is 15.6. The van der Waals surface area contributed by atoms with Gasteiger partial charge in [-0.25, -0.2) is 0 Å². The van der Waals surface area contributed by atoms with Gasteiger partial charge in [0, 0.05) is 17.9 Å². The highest BCUT2D eigenvalue weighted by Gasteiger charge is 2.39. The van der Waals surface area contributed by atoms with Crippen LogP contribution < -0.4 is 0 Å². The van der Waals surface area contributed by atoms with E-state index in [9.17, 15) is 0 Å². The summed E-state index contributed by atoms with van der Waals surface area (Å²) in [7, 11) is 0. The van der Waals surface area contributed by atoms with E-state index < -0.39 is 0 Å². The number of nitrogens with zero attached hydrogens (tertiary/aromatic N) is 3. The van der Waals surface area contributed by atoms with Crippen molar-refractivity contribution in [3.05, 3.63) is 83.6 Å². The number of hydrogen-bond donors (Lipinski definition) is 0. The maximum absolute atomic E-state index is 5.93. The van der Waals surface area contributed by atoms with E-state index >= 15 is 0 Å². The third-order valence-corrected chi connectivity index (χ3v) is 5.99. The highest BCUT2D eigenvalue weighted by atomic mass is 16.4. The van der Waals surface area contributed by atoms with E-state index in [1.165, 1.54) is 24.0 Å². The molecule has 0 amide bonds. The summed E-state index contributed by atoms with van der Waals surface area (Å²) < 4.78 is 5.93. The van der Waals surface area contributed by atoms with Crippen molar-refractivity contribution in [3.8, 4) is 0 Å². The normalized spacial score (nSPS) is 19.9. The Bertz CT molecular complexity index is 847. The van der Waals surface area contributed by atoms with E-state index in [1.54, 1.807) is 0 Å². The largest absolute Gasteiger partial charge is 0.424 e. The second kappa shape index (κ2) is 6.93. The molecule has 2 heterocycles. The lowest BCUT2D eigenvalue weighted by molar-refractivity contribution is 0.148. The summed E-state index contributed by atoms with van der Waals surface area (Å²) in [6.45, 7) is 2.78. The summed E-state index contributed by atoms with van der Waals surface area (Å²) >= 11 is 0. The Morgan fingerprint density at radius 1 is 0.926 bits per heavy atom. The van der Waals surface area contributed by atoms with Crippen LogP contribution in [0.5, 0.6) is 0 Å². The fourth-order valence-corrected chi connectivity index (χ4v) is 4.45. The first-order chi connectivity index (χ1) is 13.3. The fraction of sp³-hybridized carbons (Fsp3) is 0.391. The minimum atomic E-state index is 0.0140. The van der Waals surface area contributed by atoms with Crippen LogP contribution in [0.15, 0.2) is 65.1 Å². The van der Waals surface area contributed by atoms with Crippen molar-refractivity contribution in [1.82, 2.24) is 15.1 Å². The van der Waals surface area contributed by atoms with Crippen molar-refractivity contribution in [2.75, 3.05) is 13.1 Å². The summed E-state index contributed by atoms with van der Waals surface area (Å²) in [5.41, 5.74) is 2.80. The third-order valence-electron chi connectivity index (χ3n) is 5.99. The van der Waals surface area contributed by atoms with Gasteiger partial charge in [0.1, 0.15) is 0 Å². The van der Waals surface area contributed by atoms with Gasteiger partial charge in [-0.15, -0.1) is 10.2 Å². The monoisotopic (exact) mass is 359 g/mol. The van der Waals surface area contributed by atoms with E-state index in [1.807, 2.05) is 0 Å². The molecular weight excluding hydrogens is 334 g/mol. The number of rotatable bonds is 5. The second-order valence-electron chi connectivity index (χ2n) is 7.94. The summed E-state index contributed by atoms with van der Waals surface area (Å²) in [6, 6.07) is 21.9. The predicted molar refractivity (Wildman–Crippen MR) is 104 cm³/mol. The van der Waals surface area contributed by atoms with Crippen LogP contribution >= 0.6 is 0 Å². The van der Waals surface area contributed by atoms with E-state index in [4.69, 9.17) is 4.42 Å². The van der Waals surface area contributed by atoms with Crippen LogP contribution in [0.25, 0.3) is 0 Å². The summed E-state index contributed by atoms with van der Waals surface area (Å²) in [6.07, 6.45) is 4.70. The van der Waals surface area contributed by atoms with Gasteiger partial charge in [0.05, 0.1) is 6.54 Å². The SMILES string of the molecule is c1ccc(C2(c3ccccc3)CCCN(Cc3nnc(C4CC4)o3)C2)cc1. The van der Waals surface area contributed by atoms with Gasteiger partial charge >= 0.3 is 0 Å². The molecule has 5 rings (SSSR count). The zero-order valence-electron chi connectivity index (χ0n) is 15.6. The molecule has 4 heteroatoms. The van der Waals surface area contributed by atoms with Gasteiger partial charge in [-0.05, 0) is 43.4 Å². The molecular formula is C23H25N3O. The smallest absolute Gasteiger partial charge is 0.230 e. The zero-order chi connectivity index (χ0) is 18.1. The van der Waals surface area contributed by atoms with Gasteiger partial charge in [-0.2, -0.15) is 0 Å². The molecule has 0 atom stereocenters. The van der Waals surface area contributed by atoms with Gasteiger partial charge < -0.3 is 4.42 Å². The molecule has 3 aromatic rings. The minimum absolute atomic E-state index is 0.0140. The minimum Gasteiger partial charge on any atom is -0.424 e. The van der Waals surface area contributed by atoms with Crippen LogP contribution in [0.2, 0.25) is 0 Å². The van der Waals surface area contributed by atoms with Crippen molar-refractivity contribution < 1.29 is 4.42 Å².